The molecule has 0 saturated heterocycles. The van der Waals surface area contributed by atoms with Gasteiger partial charge < -0.3 is 10.6 Å². The second-order valence-corrected chi connectivity index (χ2v) is 3.88. The lowest BCUT2D eigenvalue weighted by atomic mass is 10.2. The highest BCUT2D eigenvalue weighted by atomic mass is 19.4. The first-order chi connectivity index (χ1) is 6.72. The number of nitrogens with zero attached hydrogens (tertiary/aromatic N) is 2. The van der Waals surface area contributed by atoms with E-state index in [1.165, 1.54) is 11.9 Å². The Labute approximate surface area is 88.2 Å². The van der Waals surface area contributed by atoms with E-state index in [9.17, 15) is 13.2 Å². The Kier molecular flexibility index (Phi) is 5.46. The van der Waals surface area contributed by atoms with Gasteiger partial charge in [-0.05, 0) is 5.92 Å². The van der Waals surface area contributed by atoms with Crippen LogP contribution in [0.15, 0.2) is 4.99 Å². The van der Waals surface area contributed by atoms with Crippen LogP contribution in [0.25, 0.3) is 0 Å². The van der Waals surface area contributed by atoms with Crippen molar-refractivity contribution in [2.24, 2.45) is 16.6 Å². The lowest BCUT2D eigenvalue weighted by molar-refractivity contribution is -0.135. The van der Waals surface area contributed by atoms with Crippen LogP contribution in [0.2, 0.25) is 0 Å². The van der Waals surface area contributed by atoms with E-state index in [1.807, 2.05) is 13.8 Å². The van der Waals surface area contributed by atoms with E-state index in [-0.39, 0.29) is 12.5 Å². The van der Waals surface area contributed by atoms with Gasteiger partial charge in [-0.25, -0.2) is 0 Å². The number of halogens is 3. The average molecular weight is 225 g/mol. The van der Waals surface area contributed by atoms with Crippen molar-refractivity contribution < 1.29 is 13.2 Å². The molecule has 0 aromatic heterocycles. The molecule has 0 spiro atoms. The third kappa shape index (κ3) is 8.08. The quantitative estimate of drug-likeness (QED) is 0.586. The number of hydrogen-bond acceptors (Lipinski definition) is 1. The zero-order valence-electron chi connectivity index (χ0n) is 9.30. The summed E-state index contributed by atoms with van der Waals surface area (Å²) in [5, 5.41) is 0. The molecule has 2 N–H and O–H groups in total. The minimum atomic E-state index is -4.15. The summed E-state index contributed by atoms with van der Waals surface area (Å²) in [4.78, 5) is 5.29. The van der Waals surface area contributed by atoms with Gasteiger partial charge in [0, 0.05) is 20.1 Å². The van der Waals surface area contributed by atoms with Crippen LogP contribution in [0.3, 0.4) is 0 Å². The summed E-state index contributed by atoms with van der Waals surface area (Å²) in [6, 6.07) is 0. The van der Waals surface area contributed by atoms with E-state index in [0.29, 0.717) is 12.5 Å². The van der Waals surface area contributed by atoms with Gasteiger partial charge in [-0.1, -0.05) is 13.8 Å². The number of rotatable bonds is 4. The van der Waals surface area contributed by atoms with Crippen LogP contribution in [0.5, 0.6) is 0 Å². The van der Waals surface area contributed by atoms with Crippen molar-refractivity contribution in [2.45, 2.75) is 26.4 Å². The summed E-state index contributed by atoms with van der Waals surface area (Å²) in [6.07, 6.45) is -5.02. The number of hydrogen-bond donors (Lipinski definition) is 1. The Bertz CT molecular complexity index is 211. The molecule has 15 heavy (non-hydrogen) atoms. The molecule has 0 heterocycles. The van der Waals surface area contributed by atoms with Gasteiger partial charge in [-0.3, -0.25) is 4.99 Å². The molecule has 0 aliphatic heterocycles. The Morgan fingerprint density at radius 1 is 1.40 bits per heavy atom. The van der Waals surface area contributed by atoms with Crippen LogP contribution in [0.4, 0.5) is 13.2 Å². The number of alkyl halides is 3. The number of aliphatic imine (C=N–C) groups is 1. The molecule has 6 heteroatoms. The van der Waals surface area contributed by atoms with Crippen LogP contribution in [-0.2, 0) is 0 Å². The highest BCUT2D eigenvalue weighted by Crippen LogP contribution is 2.19. The topological polar surface area (TPSA) is 41.6 Å². The van der Waals surface area contributed by atoms with Crippen LogP contribution in [0, 0.1) is 5.92 Å². The van der Waals surface area contributed by atoms with Crippen LogP contribution in [-0.4, -0.2) is 37.2 Å². The Balaban J connectivity index is 3.99. The van der Waals surface area contributed by atoms with E-state index >= 15 is 0 Å². The molecule has 90 valence electrons. The van der Waals surface area contributed by atoms with Gasteiger partial charge in [-0.2, -0.15) is 13.2 Å². The lowest BCUT2D eigenvalue weighted by Crippen LogP contribution is -2.36. The molecule has 0 radical (unpaired) electrons. The monoisotopic (exact) mass is 225 g/mol. The molecular weight excluding hydrogens is 207 g/mol. The van der Waals surface area contributed by atoms with E-state index in [4.69, 9.17) is 5.73 Å². The third-order valence-electron chi connectivity index (χ3n) is 1.74. The molecule has 0 bridgehead atoms. The van der Waals surface area contributed by atoms with Crippen LogP contribution >= 0.6 is 0 Å². The summed E-state index contributed by atoms with van der Waals surface area (Å²) in [6.45, 7) is 4.30. The lowest BCUT2D eigenvalue weighted by Gasteiger charge is -2.19. The summed E-state index contributed by atoms with van der Waals surface area (Å²) in [7, 11) is 1.50. The molecule has 0 fully saturated rings. The molecule has 0 aliphatic rings. The first kappa shape index (κ1) is 14.1. The van der Waals surface area contributed by atoms with Crippen molar-refractivity contribution in [1.29, 1.82) is 0 Å². The van der Waals surface area contributed by atoms with Gasteiger partial charge in [0.25, 0.3) is 0 Å². The predicted octanol–water partition coefficient (Wildman–Crippen LogP) is 1.84. The molecule has 0 aromatic rings. The standard InChI is InChI=1S/C9H18F3N3/c1-7(2)6-14-8(13)15(3)5-4-9(10,11)12/h7H,4-6H2,1-3H3,(H2,13,14). The van der Waals surface area contributed by atoms with Gasteiger partial charge in [-0.15, -0.1) is 0 Å². The van der Waals surface area contributed by atoms with Crippen molar-refractivity contribution in [2.75, 3.05) is 20.1 Å². The summed E-state index contributed by atoms with van der Waals surface area (Å²) in [5.74, 6) is 0.507. The fourth-order valence-electron chi connectivity index (χ4n) is 0.806. The van der Waals surface area contributed by atoms with Crippen molar-refractivity contribution >= 4 is 5.96 Å². The smallest absolute Gasteiger partial charge is 0.370 e. The largest absolute Gasteiger partial charge is 0.390 e. The first-order valence-electron chi connectivity index (χ1n) is 4.80. The van der Waals surface area contributed by atoms with Gasteiger partial charge >= 0.3 is 6.18 Å². The predicted molar refractivity (Wildman–Crippen MR) is 54.6 cm³/mol. The number of nitrogens with two attached hydrogens (primary N) is 1. The minimum Gasteiger partial charge on any atom is -0.370 e. The van der Waals surface area contributed by atoms with E-state index < -0.39 is 12.6 Å². The first-order valence-corrected chi connectivity index (χ1v) is 4.80. The van der Waals surface area contributed by atoms with E-state index in [0.717, 1.165) is 0 Å². The Morgan fingerprint density at radius 3 is 2.33 bits per heavy atom. The number of guanidine groups is 1. The maximum absolute atomic E-state index is 11.9. The molecule has 0 aliphatic carbocycles. The summed E-state index contributed by atoms with van der Waals surface area (Å²) < 4.78 is 35.7. The molecule has 0 unspecified atom stereocenters. The third-order valence-corrected chi connectivity index (χ3v) is 1.74. The average Bonchev–Trinajstić information content (AvgIpc) is 2.08. The molecule has 0 rings (SSSR count). The normalized spacial score (nSPS) is 13.4. The minimum absolute atomic E-state index is 0.156. The second kappa shape index (κ2) is 5.82. The maximum Gasteiger partial charge on any atom is 0.390 e. The van der Waals surface area contributed by atoms with Crippen molar-refractivity contribution in [3.05, 3.63) is 0 Å². The Hall–Kier alpha value is -0.940. The zero-order chi connectivity index (χ0) is 12.1. The van der Waals surface area contributed by atoms with Crippen molar-refractivity contribution in [1.82, 2.24) is 4.90 Å². The molecular formula is C9H18F3N3. The van der Waals surface area contributed by atoms with Gasteiger partial charge in [0.05, 0.1) is 6.42 Å². The van der Waals surface area contributed by atoms with Crippen LogP contribution < -0.4 is 5.73 Å². The summed E-state index contributed by atoms with van der Waals surface area (Å²) >= 11 is 0. The molecule has 0 amide bonds. The van der Waals surface area contributed by atoms with Gasteiger partial charge in [0.15, 0.2) is 5.96 Å². The van der Waals surface area contributed by atoms with Crippen LogP contribution in [0.1, 0.15) is 20.3 Å². The summed E-state index contributed by atoms with van der Waals surface area (Å²) in [5.41, 5.74) is 5.50. The fourth-order valence-corrected chi connectivity index (χ4v) is 0.806. The molecule has 3 nitrogen and oxygen atoms in total. The SMILES string of the molecule is CC(C)CN=C(N)N(C)CCC(F)(F)F. The molecule has 0 atom stereocenters. The maximum atomic E-state index is 11.9. The van der Waals surface area contributed by atoms with Gasteiger partial charge in [0.2, 0.25) is 0 Å². The molecule has 0 saturated carbocycles. The highest BCUT2D eigenvalue weighted by Gasteiger charge is 2.27. The highest BCUT2D eigenvalue weighted by molar-refractivity contribution is 5.77. The Morgan fingerprint density at radius 2 is 1.93 bits per heavy atom. The van der Waals surface area contributed by atoms with E-state index in [1.54, 1.807) is 0 Å². The van der Waals surface area contributed by atoms with E-state index in [2.05, 4.69) is 4.99 Å². The van der Waals surface area contributed by atoms with Crippen molar-refractivity contribution in [3.63, 3.8) is 0 Å². The fraction of sp³-hybridized carbons (Fsp3) is 0.889. The van der Waals surface area contributed by atoms with Crippen molar-refractivity contribution in [3.8, 4) is 0 Å². The zero-order valence-corrected chi connectivity index (χ0v) is 9.30. The van der Waals surface area contributed by atoms with Gasteiger partial charge in [0.1, 0.15) is 0 Å². The second-order valence-electron chi connectivity index (χ2n) is 3.88. The molecule has 0 aromatic carbocycles.